The van der Waals surface area contributed by atoms with Gasteiger partial charge in [-0.1, -0.05) is 27.2 Å². The van der Waals surface area contributed by atoms with Crippen molar-refractivity contribution in [3.63, 3.8) is 0 Å². The molecule has 0 radical (unpaired) electrons. The fourth-order valence-corrected chi connectivity index (χ4v) is 2.89. The molecule has 1 N–H and O–H groups in total. The van der Waals surface area contributed by atoms with Crippen molar-refractivity contribution < 1.29 is 4.79 Å². The first-order chi connectivity index (χ1) is 10.5. The predicted molar refractivity (Wildman–Crippen MR) is 87.5 cm³/mol. The second kappa shape index (κ2) is 7.68. The summed E-state index contributed by atoms with van der Waals surface area (Å²) in [5.41, 5.74) is 1.96. The molecule has 1 fully saturated rings. The highest BCUT2D eigenvalue weighted by molar-refractivity contribution is 5.76. The van der Waals surface area contributed by atoms with Crippen molar-refractivity contribution in [3.05, 3.63) is 23.8 Å². The largest absolute Gasteiger partial charge is 0.352 e. The molecule has 0 bridgehead atoms. The number of amides is 1. The van der Waals surface area contributed by atoms with Gasteiger partial charge in [-0.3, -0.25) is 4.79 Å². The molecule has 1 aromatic heterocycles. The Bertz CT molecular complexity index is 490. The van der Waals surface area contributed by atoms with Gasteiger partial charge in [-0.2, -0.15) is 0 Å². The van der Waals surface area contributed by atoms with Crippen molar-refractivity contribution in [1.29, 1.82) is 0 Å². The summed E-state index contributed by atoms with van der Waals surface area (Å²) in [6.45, 7) is 10.0. The van der Waals surface area contributed by atoms with Crippen LogP contribution in [0.2, 0.25) is 0 Å². The van der Waals surface area contributed by atoms with E-state index in [1.54, 1.807) is 12.5 Å². The van der Waals surface area contributed by atoms with Gasteiger partial charge in [0, 0.05) is 36.7 Å². The number of piperidine rings is 1. The Morgan fingerprint density at radius 1 is 1.27 bits per heavy atom. The Kier molecular flexibility index (Phi) is 5.89. The lowest BCUT2D eigenvalue weighted by atomic mass is 9.89. The normalized spacial score (nSPS) is 16.5. The molecule has 1 amide bonds. The van der Waals surface area contributed by atoms with Gasteiger partial charge in [0.05, 0.1) is 5.69 Å². The second-order valence-electron chi connectivity index (χ2n) is 7.08. The van der Waals surface area contributed by atoms with E-state index in [1.807, 2.05) is 0 Å². The SMILES string of the molecule is CC(C)(C)c1ncncc1CNC(=O)CCN1CCCCC1. The highest BCUT2D eigenvalue weighted by Gasteiger charge is 2.20. The highest BCUT2D eigenvalue weighted by Crippen LogP contribution is 2.22. The predicted octanol–water partition coefficient (Wildman–Crippen LogP) is 2.27. The Morgan fingerprint density at radius 3 is 2.68 bits per heavy atom. The third-order valence-corrected chi connectivity index (χ3v) is 4.08. The van der Waals surface area contributed by atoms with Gasteiger partial charge in [0.2, 0.25) is 5.91 Å². The van der Waals surface area contributed by atoms with E-state index in [-0.39, 0.29) is 11.3 Å². The number of carbonyl (C=O) groups is 1. The number of hydrogen-bond donors (Lipinski definition) is 1. The third-order valence-electron chi connectivity index (χ3n) is 4.08. The summed E-state index contributed by atoms with van der Waals surface area (Å²) in [5, 5.41) is 3.01. The van der Waals surface area contributed by atoms with Gasteiger partial charge < -0.3 is 10.2 Å². The molecule has 5 nitrogen and oxygen atoms in total. The number of likely N-dealkylation sites (tertiary alicyclic amines) is 1. The maximum Gasteiger partial charge on any atom is 0.221 e. The van der Waals surface area contributed by atoms with E-state index in [9.17, 15) is 4.79 Å². The molecule has 1 aromatic rings. The van der Waals surface area contributed by atoms with Crippen LogP contribution in [0.4, 0.5) is 0 Å². The van der Waals surface area contributed by atoms with E-state index in [4.69, 9.17) is 0 Å². The zero-order chi connectivity index (χ0) is 16.0. The van der Waals surface area contributed by atoms with Gasteiger partial charge in [0.15, 0.2) is 0 Å². The van der Waals surface area contributed by atoms with Gasteiger partial charge in [-0.25, -0.2) is 9.97 Å². The van der Waals surface area contributed by atoms with Crippen LogP contribution in [0.1, 0.15) is 57.7 Å². The van der Waals surface area contributed by atoms with Crippen molar-refractivity contribution in [2.45, 2.75) is 58.4 Å². The van der Waals surface area contributed by atoms with E-state index in [2.05, 4.69) is 41.0 Å². The van der Waals surface area contributed by atoms with E-state index in [1.165, 1.54) is 19.3 Å². The fraction of sp³-hybridized carbons (Fsp3) is 0.706. The van der Waals surface area contributed by atoms with Crippen LogP contribution >= 0.6 is 0 Å². The zero-order valence-corrected chi connectivity index (χ0v) is 14.1. The number of nitrogens with one attached hydrogen (secondary N) is 1. The minimum absolute atomic E-state index is 0.0448. The molecule has 1 aliphatic rings. The van der Waals surface area contributed by atoms with Crippen molar-refractivity contribution >= 4 is 5.91 Å². The molecule has 1 saturated heterocycles. The molecule has 1 aliphatic heterocycles. The van der Waals surface area contributed by atoms with Gasteiger partial charge >= 0.3 is 0 Å². The minimum Gasteiger partial charge on any atom is -0.352 e. The summed E-state index contributed by atoms with van der Waals surface area (Å²) >= 11 is 0. The van der Waals surface area contributed by atoms with Crippen LogP contribution in [0.15, 0.2) is 12.5 Å². The molecule has 0 spiro atoms. The van der Waals surface area contributed by atoms with Gasteiger partial charge in [-0.15, -0.1) is 0 Å². The average molecular weight is 304 g/mol. The number of carbonyl (C=O) groups excluding carboxylic acids is 1. The number of hydrogen-bond acceptors (Lipinski definition) is 4. The molecule has 122 valence electrons. The molecule has 2 heterocycles. The van der Waals surface area contributed by atoms with Gasteiger partial charge in [0.25, 0.3) is 0 Å². The first-order valence-electron chi connectivity index (χ1n) is 8.25. The molecule has 0 unspecified atom stereocenters. The Hall–Kier alpha value is -1.49. The van der Waals surface area contributed by atoms with E-state index in [0.717, 1.165) is 30.9 Å². The molecule has 2 rings (SSSR count). The summed E-state index contributed by atoms with van der Waals surface area (Å²) in [4.78, 5) is 22.9. The monoisotopic (exact) mass is 304 g/mol. The molecule has 22 heavy (non-hydrogen) atoms. The lowest BCUT2D eigenvalue weighted by Gasteiger charge is -2.26. The summed E-state index contributed by atoms with van der Waals surface area (Å²) in [7, 11) is 0. The van der Waals surface area contributed by atoms with Crippen molar-refractivity contribution in [1.82, 2.24) is 20.2 Å². The first kappa shape index (κ1) is 16.9. The molecule has 0 saturated carbocycles. The lowest BCUT2D eigenvalue weighted by Crippen LogP contribution is -2.34. The average Bonchev–Trinajstić information content (AvgIpc) is 2.51. The standard InChI is InChI=1S/C17H28N4O/c1-17(2,3)16-14(11-18-13-20-16)12-19-15(22)7-10-21-8-5-4-6-9-21/h11,13H,4-10,12H2,1-3H3,(H,19,22). The molecule has 5 heteroatoms. The molecule has 0 aliphatic carbocycles. The lowest BCUT2D eigenvalue weighted by molar-refractivity contribution is -0.121. The number of nitrogens with zero attached hydrogens (tertiary/aromatic N) is 3. The molecule has 0 aromatic carbocycles. The summed E-state index contributed by atoms with van der Waals surface area (Å²) in [5.74, 6) is 0.106. The molecule has 0 atom stereocenters. The third kappa shape index (κ3) is 5.05. The summed E-state index contributed by atoms with van der Waals surface area (Å²) in [6, 6.07) is 0. The van der Waals surface area contributed by atoms with E-state index < -0.39 is 0 Å². The van der Waals surface area contributed by atoms with Gasteiger partial charge in [-0.05, 0) is 25.9 Å². The summed E-state index contributed by atoms with van der Waals surface area (Å²) in [6.07, 6.45) is 7.79. The topological polar surface area (TPSA) is 58.1 Å². The maximum absolute atomic E-state index is 12.0. The van der Waals surface area contributed by atoms with Crippen LogP contribution in [0.25, 0.3) is 0 Å². The minimum atomic E-state index is -0.0448. The quantitative estimate of drug-likeness (QED) is 0.906. The fourth-order valence-electron chi connectivity index (χ4n) is 2.89. The van der Waals surface area contributed by atoms with Crippen LogP contribution in [0, 0.1) is 0 Å². The van der Waals surface area contributed by atoms with Crippen LogP contribution in [0.3, 0.4) is 0 Å². The highest BCUT2D eigenvalue weighted by atomic mass is 16.1. The zero-order valence-electron chi connectivity index (χ0n) is 14.1. The van der Waals surface area contributed by atoms with Crippen LogP contribution in [-0.2, 0) is 16.8 Å². The molecular formula is C17H28N4O. The smallest absolute Gasteiger partial charge is 0.221 e. The maximum atomic E-state index is 12.0. The Labute approximate surface area is 133 Å². The van der Waals surface area contributed by atoms with Crippen molar-refractivity contribution in [2.24, 2.45) is 0 Å². The van der Waals surface area contributed by atoms with Crippen LogP contribution in [-0.4, -0.2) is 40.4 Å². The number of aromatic nitrogens is 2. The Balaban J connectivity index is 1.81. The molecular weight excluding hydrogens is 276 g/mol. The van der Waals surface area contributed by atoms with E-state index in [0.29, 0.717) is 13.0 Å². The van der Waals surface area contributed by atoms with Crippen molar-refractivity contribution in [3.8, 4) is 0 Å². The first-order valence-corrected chi connectivity index (χ1v) is 8.25. The summed E-state index contributed by atoms with van der Waals surface area (Å²) < 4.78 is 0. The Morgan fingerprint density at radius 2 is 2.00 bits per heavy atom. The van der Waals surface area contributed by atoms with Crippen LogP contribution < -0.4 is 5.32 Å². The second-order valence-corrected chi connectivity index (χ2v) is 7.08. The van der Waals surface area contributed by atoms with Crippen molar-refractivity contribution in [2.75, 3.05) is 19.6 Å². The number of rotatable bonds is 5. The van der Waals surface area contributed by atoms with E-state index >= 15 is 0 Å². The van der Waals surface area contributed by atoms with Crippen LogP contribution in [0.5, 0.6) is 0 Å². The van der Waals surface area contributed by atoms with Gasteiger partial charge in [0.1, 0.15) is 6.33 Å².